The summed E-state index contributed by atoms with van der Waals surface area (Å²) < 4.78 is 10.4. The van der Waals surface area contributed by atoms with Gasteiger partial charge in [-0.25, -0.2) is 4.98 Å². The SMILES string of the molecule is COc1ccc(Nc2nc(C)c(CC(=O)O)s2)c(OC)c1. The Hall–Kier alpha value is -2.28. The molecular weight excluding hydrogens is 292 g/mol. The molecule has 0 fully saturated rings. The van der Waals surface area contributed by atoms with Gasteiger partial charge in [0.05, 0.1) is 32.0 Å². The van der Waals surface area contributed by atoms with Crippen molar-refractivity contribution in [2.24, 2.45) is 0 Å². The fourth-order valence-corrected chi connectivity index (χ4v) is 2.77. The third kappa shape index (κ3) is 3.63. The first-order valence-corrected chi connectivity index (χ1v) is 7.02. The number of carboxylic acids is 1. The van der Waals surface area contributed by atoms with E-state index in [2.05, 4.69) is 10.3 Å². The van der Waals surface area contributed by atoms with E-state index in [1.165, 1.54) is 11.3 Å². The molecule has 112 valence electrons. The predicted molar refractivity (Wildman–Crippen MR) is 81.0 cm³/mol. The first-order chi connectivity index (χ1) is 10.0. The maximum Gasteiger partial charge on any atom is 0.308 e. The molecule has 1 aromatic carbocycles. The van der Waals surface area contributed by atoms with Crippen molar-refractivity contribution in [1.29, 1.82) is 0 Å². The van der Waals surface area contributed by atoms with Crippen LogP contribution in [-0.4, -0.2) is 30.3 Å². The first-order valence-electron chi connectivity index (χ1n) is 6.20. The maximum atomic E-state index is 10.8. The molecule has 0 unspecified atom stereocenters. The molecule has 1 heterocycles. The number of carbonyl (C=O) groups is 1. The number of aryl methyl sites for hydroxylation is 1. The van der Waals surface area contributed by atoms with Crippen LogP contribution in [0.15, 0.2) is 18.2 Å². The zero-order chi connectivity index (χ0) is 15.4. The van der Waals surface area contributed by atoms with E-state index in [0.29, 0.717) is 16.6 Å². The van der Waals surface area contributed by atoms with E-state index in [9.17, 15) is 4.79 Å². The molecule has 1 aromatic heterocycles. The Bertz CT molecular complexity index is 654. The number of methoxy groups -OCH3 is 2. The quantitative estimate of drug-likeness (QED) is 0.854. The van der Waals surface area contributed by atoms with Gasteiger partial charge in [0.25, 0.3) is 0 Å². The maximum absolute atomic E-state index is 10.8. The molecule has 0 saturated carbocycles. The largest absolute Gasteiger partial charge is 0.497 e. The number of carboxylic acid groups (broad SMARTS) is 1. The molecule has 2 rings (SSSR count). The second kappa shape index (κ2) is 6.45. The van der Waals surface area contributed by atoms with Crippen LogP contribution in [0, 0.1) is 6.92 Å². The van der Waals surface area contributed by atoms with Gasteiger partial charge in [-0.15, -0.1) is 11.3 Å². The van der Waals surface area contributed by atoms with Gasteiger partial charge in [-0.1, -0.05) is 0 Å². The number of anilines is 2. The standard InChI is InChI=1S/C14H16N2O4S/c1-8-12(7-13(17)18)21-14(15-8)16-10-5-4-9(19-2)6-11(10)20-3/h4-6H,7H2,1-3H3,(H,15,16)(H,17,18). The van der Waals surface area contributed by atoms with Crippen LogP contribution in [0.3, 0.4) is 0 Å². The molecule has 0 spiro atoms. The van der Waals surface area contributed by atoms with E-state index in [-0.39, 0.29) is 6.42 Å². The Kier molecular flexibility index (Phi) is 4.64. The number of nitrogens with one attached hydrogen (secondary N) is 1. The molecule has 0 aliphatic carbocycles. The van der Waals surface area contributed by atoms with E-state index in [0.717, 1.165) is 16.3 Å². The number of benzene rings is 1. The highest BCUT2D eigenvalue weighted by molar-refractivity contribution is 7.15. The van der Waals surface area contributed by atoms with Gasteiger partial charge in [0.15, 0.2) is 5.13 Å². The lowest BCUT2D eigenvalue weighted by Crippen LogP contribution is -1.99. The van der Waals surface area contributed by atoms with Gasteiger partial charge < -0.3 is 19.9 Å². The molecule has 0 bridgehead atoms. The van der Waals surface area contributed by atoms with Crippen molar-refractivity contribution >= 4 is 28.1 Å². The summed E-state index contributed by atoms with van der Waals surface area (Å²) in [5.74, 6) is 0.455. The smallest absolute Gasteiger partial charge is 0.308 e. The van der Waals surface area contributed by atoms with Crippen LogP contribution in [0.2, 0.25) is 0 Å². The number of nitrogens with zero attached hydrogens (tertiary/aromatic N) is 1. The average molecular weight is 308 g/mol. The van der Waals surface area contributed by atoms with Gasteiger partial charge in [-0.3, -0.25) is 4.79 Å². The molecular formula is C14H16N2O4S. The predicted octanol–water partition coefficient (Wildman–Crippen LogP) is 2.84. The van der Waals surface area contributed by atoms with E-state index < -0.39 is 5.97 Å². The van der Waals surface area contributed by atoms with Crippen LogP contribution in [0.4, 0.5) is 10.8 Å². The lowest BCUT2D eigenvalue weighted by Gasteiger charge is -2.10. The van der Waals surface area contributed by atoms with Crippen molar-refractivity contribution in [3.8, 4) is 11.5 Å². The zero-order valence-corrected chi connectivity index (χ0v) is 12.8. The number of rotatable bonds is 6. The van der Waals surface area contributed by atoms with Gasteiger partial charge in [-0.05, 0) is 19.1 Å². The Morgan fingerprint density at radius 2 is 2.14 bits per heavy atom. The van der Waals surface area contributed by atoms with Crippen molar-refractivity contribution in [3.63, 3.8) is 0 Å². The summed E-state index contributed by atoms with van der Waals surface area (Å²) in [5, 5.41) is 12.6. The summed E-state index contributed by atoms with van der Waals surface area (Å²) in [5.41, 5.74) is 1.46. The fraction of sp³-hybridized carbons (Fsp3) is 0.286. The van der Waals surface area contributed by atoms with E-state index in [4.69, 9.17) is 14.6 Å². The summed E-state index contributed by atoms with van der Waals surface area (Å²) in [4.78, 5) is 15.9. The molecule has 2 aromatic rings. The van der Waals surface area contributed by atoms with Crippen LogP contribution in [-0.2, 0) is 11.2 Å². The Morgan fingerprint density at radius 1 is 1.38 bits per heavy atom. The molecule has 21 heavy (non-hydrogen) atoms. The van der Waals surface area contributed by atoms with Crippen molar-refractivity contribution in [3.05, 3.63) is 28.8 Å². The second-order valence-electron chi connectivity index (χ2n) is 4.29. The molecule has 0 saturated heterocycles. The number of aliphatic carboxylic acids is 1. The van der Waals surface area contributed by atoms with Crippen molar-refractivity contribution < 1.29 is 19.4 Å². The first kappa shape index (κ1) is 15.1. The van der Waals surface area contributed by atoms with Gasteiger partial charge in [0.1, 0.15) is 11.5 Å². The molecule has 0 radical (unpaired) electrons. The van der Waals surface area contributed by atoms with E-state index >= 15 is 0 Å². The van der Waals surface area contributed by atoms with Crippen molar-refractivity contribution in [2.75, 3.05) is 19.5 Å². The van der Waals surface area contributed by atoms with Crippen LogP contribution in [0.5, 0.6) is 11.5 Å². The summed E-state index contributed by atoms with van der Waals surface area (Å²) in [6.07, 6.45) is -0.0229. The monoisotopic (exact) mass is 308 g/mol. The lowest BCUT2D eigenvalue weighted by molar-refractivity contribution is -0.136. The molecule has 0 aliphatic rings. The molecule has 7 heteroatoms. The molecule has 2 N–H and O–H groups in total. The van der Waals surface area contributed by atoms with Crippen molar-refractivity contribution in [2.45, 2.75) is 13.3 Å². The molecule has 6 nitrogen and oxygen atoms in total. The molecule has 0 amide bonds. The second-order valence-corrected chi connectivity index (χ2v) is 5.37. The number of hydrogen-bond acceptors (Lipinski definition) is 6. The van der Waals surface area contributed by atoms with E-state index in [1.54, 1.807) is 27.2 Å². The topological polar surface area (TPSA) is 80.7 Å². The molecule has 0 aliphatic heterocycles. The molecule has 0 atom stereocenters. The number of hydrogen-bond donors (Lipinski definition) is 2. The normalized spacial score (nSPS) is 10.2. The summed E-state index contributed by atoms with van der Waals surface area (Å²) in [7, 11) is 3.16. The van der Waals surface area contributed by atoms with Crippen molar-refractivity contribution in [1.82, 2.24) is 4.98 Å². The van der Waals surface area contributed by atoms with Gasteiger partial charge >= 0.3 is 5.97 Å². The summed E-state index contributed by atoms with van der Waals surface area (Å²) in [6, 6.07) is 5.40. The lowest BCUT2D eigenvalue weighted by atomic mass is 10.2. The Balaban J connectivity index is 2.24. The Morgan fingerprint density at radius 3 is 2.76 bits per heavy atom. The summed E-state index contributed by atoms with van der Waals surface area (Å²) >= 11 is 1.32. The number of thiazole rings is 1. The minimum absolute atomic E-state index is 0.0229. The van der Waals surface area contributed by atoms with E-state index in [1.807, 2.05) is 12.1 Å². The summed E-state index contributed by atoms with van der Waals surface area (Å²) in [6.45, 7) is 1.80. The highest BCUT2D eigenvalue weighted by Gasteiger charge is 2.13. The Labute approximate surface area is 126 Å². The van der Waals surface area contributed by atoms with Gasteiger partial charge in [-0.2, -0.15) is 0 Å². The third-order valence-electron chi connectivity index (χ3n) is 2.85. The third-order valence-corrected chi connectivity index (χ3v) is 3.93. The average Bonchev–Trinajstić information content (AvgIpc) is 2.78. The minimum Gasteiger partial charge on any atom is -0.497 e. The van der Waals surface area contributed by atoms with Crippen LogP contribution in [0.1, 0.15) is 10.6 Å². The number of ether oxygens (including phenoxy) is 2. The van der Waals surface area contributed by atoms with Gasteiger partial charge in [0.2, 0.25) is 0 Å². The minimum atomic E-state index is -0.865. The fourth-order valence-electron chi connectivity index (χ4n) is 1.80. The highest BCUT2D eigenvalue weighted by Crippen LogP contribution is 2.33. The van der Waals surface area contributed by atoms with Gasteiger partial charge in [0, 0.05) is 10.9 Å². The van der Waals surface area contributed by atoms with Crippen LogP contribution in [0.25, 0.3) is 0 Å². The van der Waals surface area contributed by atoms with Crippen LogP contribution >= 0.6 is 11.3 Å². The zero-order valence-electron chi connectivity index (χ0n) is 12.0. The highest BCUT2D eigenvalue weighted by atomic mass is 32.1. The number of aromatic nitrogens is 1. The van der Waals surface area contributed by atoms with Crippen LogP contribution < -0.4 is 14.8 Å².